The summed E-state index contributed by atoms with van der Waals surface area (Å²) >= 11 is 0. The van der Waals surface area contributed by atoms with Gasteiger partial charge in [-0.25, -0.2) is 16.7 Å². The lowest BCUT2D eigenvalue weighted by Crippen LogP contribution is -2.47. The van der Waals surface area contributed by atoms with Gasteiger partial charge in [0.25, 0.3) is 5.91 Å². The Morgan fingerprint density at radius 1 is 1.27 bits per heavy atom. The van der Waals surface area contributed by atoms with Crippen molar-refractivity contribution in [1.29, 1.82) is 0 Å². The summed E-state index contributed by atoms with van der Waals surface area (Å²) < 4.78 is 5.71. The Morgan fingerprint density at radius 3 is 2.64 bits per heavy atom. The number of ether oxygens (including phenoxy) is 1. The predicted octanol–water partition coefficient (Wildman–Crippen LogP) is 1.40. The summed E-state index contributed by atoms with van der Waals surface area (Å²) in [5.74, 6) is 5.97. The zero-order valence-electron chi connectivity index (χ0n) is 13.3. The molecule has 122 valence electrons. The molecule has 6 nitrogen and oxygen atoms in total. The van der Waals surface area contributed by atoms with Crippen LogP contribution in [0.1, 0.15) is 44.7 Å². The maximum absolute atomic E-state index is 11.7. The fraction of sp³-hybridized carbons (Fsp3) is 0.562. The lowest BCUT2D eigenvalue weighted by Gasteiger charge is -2.18. The second kappa shape index (κ2) is 8.12. The average Bonchev–Trinajstić information content (AvgIpc) is 2.93. The van der Waals surface area contributed by atoms with Gasteiger partial charge in [-0.15, -0.1) is 0 Å². The van der Waals surface area contributed by atoms with E-state index >= 15 is 0 Å². The van der Waals surface area contributed by atoms with Crippen molar-refractivity contribution in [2.75, 3.05) is 6.61 Å². The van der Waals surface area contributed by atoms with Crippen LogP contribution in [-0.2, 0) is 4.79 Å². The van der Waals surface area contributed by atoms with Crippen molar-refractivity contribution < 1.29 is 9.53 Å². The van der Waals surface area contributed by atoms with Gasteiger partial charge in [0.05, 0.1) is 12.6 Å². The molecule has 0 aromatic heterocycles. The zero-order chi connectivity index (χ0) is 15.9. The highest BCUT2D eigenvalue weighted by atomic mass is 16.5. The van der Waals surface area contributed by atoms with Crippen LogP contribution in [0.4, 0.5) is 0 Å². The van der Waals surface area contributed by atoms with Crippen LogP contribution in [0.15, 0.2) is 24.3 Å². The highest BCUT2D eigenvalue weighted by Gasteiger charge is 2.37. The van der Waals surface area contributed by atoms with Crippen molar-refractivity contribution in [3.8, 4) is 5.75 Å². The van der Waals surface area contributed by atoms with Crippen LogP contribution in [0.2, 0.25) is 0 Å². The van der Waals surface area contributed by atoms with E-state index in [4.69, 9.17) is 10.6 Å². The Bertz CT molecular complexity index is 478. The Hall–Kier alpha value is -1.63. The lowest BCUT2D eigenvalue weighted by atomic mass is 9.91. The van der Waals surface area contributed by atoms with E-state index in [1.165, 1.54) is 12.8 Å². The Kier molecular flexibility index (Phi) is 6.18. The smallest absolute Gasteiger partial charge is 0.252 e. The summed E-state index contributed by atoms with van der Waals surface area (Å²) in [7, 11) is 0. The molecule has 2 rings (SSSR count). The topological polar surface area (TPSA) is 88.4 Å². The fourth-order valence-electron chi connectivity index (χ4n) is 2.73. The van der Waals surface area contributed by atoms with Gasteiger partial charge in [-0.2, -0.15) is 0 Å². The Balaban J connectivity index is 1.92. The molecule has 0 aliphatic carbocycles. The molecule has 1 heterocycles. The predicted molar refractivity (Wildman–Crippen MR) is 85.8 cm³/mol. The molecule has 22 heavy (non-hydrogen) atoms. The van der Waals surface area contributed by atoms with E-state index < -0.39 is 0 Å². The van der Waals surface area contributed by atoms with Crippen molar-refractivity contribution in [1.82, 2.24) is 16.3 Å². The highest BCUT2D eigenvalue weighted by Crippen LogP contribution is 2.29. The van der Waals surface area contributed by atoms with E-state index in [2.05, 4.69) is 23.2 Å². The molecule has 1 aliphatic rings. The molecule has 0 saturated carbocycles. The molecular formula is C16H26N4O2. The van der Waals surface area contributed by atoms with Gasteiger partial charge in [-0.05, 0) is 24.1 Å². The van der Waals surface area contributed by atoms with Crippen molar-refractivity contribution in [2.45, 2.75) is 45.2 Å². The molecule has 0 spiro atoms. The molecule has 3 atom stereocenters. The standard InChI is InChI=1S/C16H26N4O2/c1-3-4-5-10-22-13-8-6-12(7-9-13)14-11(2)15(20-19-14)16(21)18-17/h6-9,11,14-15,19-20H,3-5,10,17H2,1-2H3,(H,18,21). The van der Waals surface area contributed by atoms with Gasteiger partial charge in [0.2, 0.25) is 0 Å². The Labute approximate surface area is 131 Å². The molecule has 6 heteroatoms. The maximum atomic E-state index is 11.7. The third-order valence-corrected chi connectivity index (χ3v) is 4.13. The van der Waals surface area contributed by atoms with E-state index in [1.54, 1.807) is 0 Å². The van der Waals surface area contributed by atoms with Gasteiger partial charge in [-0.3, -0.25) is 10.2 Å². The van der Waals surface area contributed by atoms with Crippen molar-refractivity contribution >= 4 is 5.91 Å². The number of unbranched alkanes of at least 4 members (excludes halogenated alkanes) is 2. The van der Waals surface area contributed by atoms with Crippen molar-refractivity contribution in [3.05, 3.63) is 29.8 Å². The second-order valence-electron chi connectivity index (χ2n) is 5.74. The highest BCUT2D eigenvalue weighted by molar-refractivity contribution is 5.81. The molecule has 1 saturated heterocycles. The average molecular weight is 306 g/mol. The summed E-state index contributed by atoms with van der Waals surface area (Å²) in [6.45, 7) is 4.95. The first kappa shape index (κ1) is 16.7. The van der Waals surface area contributed by atoms with Crippen LogP contribution < -0.4 is 26.9 Å². The largest absolute Gasteiger partial charge is 0.494 e. The number of hydrogen-bond donors (Lipinski definition) is 4. The van der Waals surface area contributed by atoms with Gasteiger partial charge >= 0.3 is 0 Å². The van der Waals surface area contributed by atoms with Gasteiger partial charge in [0, 0.05) is 5.92 Å². The van der Waals surface area contributed by atoms with E-state index in [0.29, 0.717) is 0 Å². The first-order chi connectivity index (χ1) is 10.7. The summed E-state index contributed by atoms with van der Waals surface area (Å²) in [5, 5.41) is 0. The summed E-state index contributed by atoms with van der Waals surface area (Å²) in [6.07, 6.45) is 3.47. The van der Waals surface area contributed by atoms with Crippen LogP contribution in [-0.4, -0.2) is 18.6 Å². The van der Waals surface area contributed by atoms with Crippen LogP contribution in [0, 0.1) is 5.92 Å². The van der Waals surface area contributed by atoms with Crippen LogP contribution in [0.3, 0.4) is 0 Å². The molecule has 3 unspecified atom stereocenters. The zero-order valence-corrected chi connectivity index (χ0v) is 13.3. The number of carbonyl (C=O) groups excluding carboxylic acids is 1. The normalized spacial score (nSPS) is 24.2. The number of rotatable bonds is 7. The molecule has 1 fully saturated rings. The molecule has 1 amide bonds. The minimum atomic E-state index is -0.333. The van der Waals surface area contributed by atoms with E-state index in [1.807, 2.05) is 31.2 Å². The molecular weight excluding hydrogens is 280 g/mol. The minimum absolute atomic E-state index is 0.0661. The summed E-state index contributed by atoms with van der Waals surface area (Å²) in [5.41, 5.74) is 9.46. The van der Waals surface area contributed by atoms with E-state index in [9.17, 15) is 4.79 Å². The number of hydrogen-bond acceptors (Lipinski definition) is 5. The van der Waals surface area contributed by atoms with Gasteiger partial charge in [0.15, 0.2) is 0 Å². The maximum Gasteiger partial charge on any atom is 0.252 e. The van der Waals surface area contributed by atoms with Crippen molar-refractivity contribution in [3.63, 3.8) is 0 Å². The van der Waals surface area contributed by atoms with E-state index in [-0.39, 0.29) is 23.9 Å². The molecule has 1 aromatic carbocycles. The molecule has 1 aromatic rings. The van der Waals surface area contributed by atoms with Gasteiger partial charge in [-0.1, -0.05) is 38.8 Å². The van der Waals surface area contributed by atoms with E-state index in [0.717, 1.165) is 24.3 Å². The molecule has 0 bridgehead atoms. The number of amides is 1. The number of carbonyl (C=O) groups is 1. The van der Waals surface area contributed by atoms with Crippen molar-refractivity contribution in [2.24, 2.45) is 11.8 Å². The first-order valence-corrected chi connectivity index (χ1v) is 7.91. The number of hydrazine groups is 2. The number of nitrogens with one attached hydrogen (secondary N) is 3. The molecule has 1 aliphatic heterocycles. The second-order valence-corrected chi connectivity index (χ2v) is 5.74. The summed E-state index contributed by atoms with van der Waals surface area (Å²) in [4.78, 5) is 11.7. The lowest BCUT2D eigenvalue weighted by molar-refractivity contribution is -0.123. The molecule has 5 N–H and O–H groups in total. The minimum Gasteiger partial charge on any atom is -0.494 e. The third-order valence-electron chi connectivity index (χ3n) is 4.13. The number of benzene rings is 1. The van der Waals surface area contributed by atoms with Crippen LogP contribution >= 0.6 is 0 Å². The van der Waals surface area contributed by atoms with Crippen LogP contribution in [0.5, 0.6) is 5.75 Å². The first-order valence-electron chi connectivity index (χ1n) is 7.91. The quantitative estimate of drug-likeness (QED) is 0.265. The number of nitrogens with two attached hydrogens (primary N) is 1. The Morgan fingerprint density at radius 2 is 2.00 bits per heavy atom. The summed E-state index contributed by atoms with van der Waals surface area (Å²) in [6, 6.07) is 7.76. The van der Waals surface area contributed by atoms with Crippen LogP contribution in [0.25, 0.3) is 0 Å². The molecule has 0 radical (unpaired) electrons. The SMILES string of the molecule is CCCCCOc1ccc(C2NNC(C(=O)NN)C2C)cc1. The third kappa shape index (κ3) is 3.97. The van der Waals surface area contributed by atoms with Gasteiger partial charge in [0.1, 0.15) is 11.8 Å². The van der Waals surface area contributed by atoms with Gasteiger partial charge < -0.3 is 4.74 Å². The fourth-order valence-corrected chi connectivity index (χ4v) is 2.73. The monoisotopic (exact) mass is 306 g/mol.